The van der Waals surface area contributed by atoms with E-state index in [9.17, 15) is 14.0 Å². The summed E-state index contributed by atoms with van der Waals surface area (Å²) in [5.41, 5.74) is 0.992. The molecule has 0 aromatic carbocycles. The van der Waals surface area contributed by atoms with Gasteiger partial charge >= 0.3 is 5.97 Å². The van der Waals surface area contributed by atoms with E-state index in [4.69, 9.17) is 4.74 Å². The Morgan fingerprint density at radius 2 is 2.00 bits per heavy atom. The van der Waals surface area contributed by atoms with Crippen LogP contribution in [0.3, 0.4) is 0 Å². The van der Waals surface area contributed by atoms with Crippen molar-refractivity contribution in [3.63, 3.8) is 0 Å². The Balaban J connectivity index is 2.11. The number of hydrogen-bond acceptors (Lipinski definition) is 5. The molecule has 0 aliphatic carbocycles. The zero-order valence-corrected chi connectivity index (χ0v) is 12.5. The Morgan fingerprint density at radius 3 is 2.61 bits per heavy atom. The van der Waals surface area contributed by atoms with Gasteiger partial charge in [-0.3, -0.25) is 9.78 Å². The fraction of sp³-hybridized carbons (Fsp3) is 0.250. The molecule has 0 aliphatic heterocycles. The average molecular weight is 317 g/mol. The number of nitrogens with one attached hydrogen (secondary N) is 1. The van der Waals surface area contributed by atoms with Gasteiger partial charge in [0.25, 0.3) is 5.91 Å². The van der Waals surface area contributed by atoms with Crippen LogP contribution in [0.15, 0.2) is 42.9 Å². The molecule has 0 bridgehead atoms. The monoisotopic (exact) mass is 317 g/mol. The van der Waals surface area contributed by atoms with E-state index in [2.05, 4.69) is 15.3 Å². The van der Waals surface area contributed by atoms with Crippen molar-refractivity contribution in [1.82, 2.24) is 15.3 Å². The molecule has 0 spiro atoms. The molecule has 2 aromatic rings. The molecule has 120 valence electrons. The highest BCUT2D eigenvalue weighted by atomic mass is 19.1. The SMILES string of the molecule is CCOC(=O)[C@H](Cc1ccncc1)NC(=O)c1ccc(F)nc1. The molecule has 1 amide bonds. The lowest BCUT2D eigenvalue weighted by Crippen LogP contribution is -2.43. The molecule has 6 nitrogen and oxygen atoms in total. The number of rotatable bonds is 6. The zero-order valence-electron chi connectivity index (χ0n) is 12.5. The van der Waals surface area contributed by atoms with Gasteiger partial charge in [0.05, 0.1) is 12.2 Å². The number of pyridine rings is 2. The van der Waals surface area contributed by atoms with Gasteiger partial charge in [-0.15, -0.1) is 0 Å². The van der Waals surface area contributed by atoms with Crippen LogP contribution in [0.1, 0.15) is 22.8 Å². The number of carbonyl (C=O) groups excluding carboxylic acids is 2. The summed E-state index contributed by atoms with van der Waals surface area (Å²) >= 11 is 0. The second-order valence-electron chi connectivity index (χ2n) is 4.71. The van der Waals surface area contributed by atoms with E-state index in [1.54, 1.807) is 31.5 Å². The maximum Gasteiger partial charge on any atom is 0.328 e. The van der Waals surface area contributed by atoms with Gasteiger partial charge in [0.1, 0.15) is 6.04 Å². The lowest BCUT2D eigenvalue weighted by atomic mass is 10.1. The first kappa shape index (κ1) is 16.5. The molecular formula is C16H16FN3O3. The summed E-state index contributed by atoms with van der Waals surface area (Å²) in [6, 6.07) is 5.02. The number of aromatic nitrogens is 2. The highest BCUT2D eigenvalue weighted by molar-refractivity contribution is 5.96. The van der Waals surface area contributed by atoms with E-state index in [0.717, 1.165) is 17.8 Å². The molecule has 7 heteroatoms. The molecule has 0 radical (unpaired) electrons. The minimum absolute atomic E-state index is 0.162. The van der Waals surface area contributed by atoms with Crippen molar-refractivity contribution in [1.29, 1.82) is 0 Å². The van der Waals surface area contributed by atoms with Crippen LogP contribution in [0.5, 0.6) is 0 Å². The van der Waals surface area contributed by atoms with Crippen molar-refractivity contribution in [2.75, 3.05) is 6.61 Å². The maximum atomic E-state index is 12.8. The van der Waals surface area contributed by atoms with Crippen molar-refractivity contribution in [2.45, 2.75) is 19.4 Å². The maximum absolute atomic E-state index is 12.8. The highest BCUT2D eigenvalue weighted by Gasteiger charge is 2.23. The van der Waals surface area contributed by atoms with E-state index in [-0.39, 0.29) is 18.6 Å². The van der Waals surface area contributed by atoms with Gasteiger partial charge in [0.15, 0.2) is 0 Å². The fourth-order valence-electron chi connectivity index (χ4n) is 1.94. The molecule has 0 unspecified atom stereocenters. The molecule has 2 heterocycles. The zero-order chi connectivity index (χ0) is 16.7. The highest BCUT2D eigenvalue weighted by Crippen LogP contribution is 2.06. The minimum Gasteiger partial charge on any atom is -0.464 e. The van der Waals surface area contributed by atoms with E-state index in [0.29, 0.717) is 0 Å². The van der Waals surface area contributed by atoms with Gasteiger partial charge in [-0.1, -0.05) is 0 Å². The number of carbonyl (C=O) groups is 2. The first-order valence-electron chi connectivity index (χ1n) is 7.08. The van der Waals surface area contributed by atoms with Crippen molar-refractivity contribution < 1.29 is 18.7 Å². The van der Waals surface area contributed by atoms with Gasteiger partial charge in [0.2, 0.25) is 5.95 Å². The number of halogens is 1. The third-order valence-corrected chi connectivity index (χ3v) is 3.06. The van der Waals surface area contributed by atoms with Gasteiger partial charge in [-0.25, -0.2) is 9.78 Å². The summed E-state index contributed by atoms with van der Waals surface area (Å²) in [6.07, 6.45) is 4.58. The Kier molecular flexibility index (Phi) is 5.74. The second kappa shape index (κ2) is 7.98. The van der Waals surface area contributed by atoms with Crippen LogP contribution in [0, 0.1) is 5.95 Å². The van der Waals surface area contributed by atoms with E-state index in [1.807, 2.05) is 0 Å². The summed E-state index contributed by atoms with van der Waals surface area (Å²) < 4.78 is 17.8. The van der Waals surface area contributed by atoms with Gasteiger partial charge in [-0.2, -0.15) is 4.39 Å². The van der Waals surface area contributed by atoms with Crippen LogP contribution in [0.25, 0.3) is 0 Å². The average Bonchev–Trinajstić information content (AvgIpc) is 2.56. The van der Waals surface area contributed by atoms with Gasteiger partial charge in [0, 0.05) is 25.0 Å². The van der Waals surface area contributed by atoms with Crippen LogP contribution < -0.4 is 5.32 Å². The topological polar surface area (TPSA) is 81.2 Å². The summed E-state index contributed by atoms with van der Waals surface area (Å²) in [6.45, 7) is 1.90. The predicted molar refractivity (Wildman–Crippen MR) is 80.0 cm³/mol. The van der Waals surface area contributed by atoms with Crippen LogP contribution in [-0.4, -0.2) is 34.5 Å². The minimum atomic E-state index is -0.852. The molecule has 0 aliphatic rings. The Bertz CT molecular complexity index is 662. The van der Waals surface area contributed by atoms with Crippen molar-refractivity contribution in [2.24, 2.45) is 0 Å². The fourth-order valence-corrected chi connectivity index (χ4v) is 1.94. The molecule has 2 aromatic heterocycles. The van der Waals surface area contributed by atoms with Gasteiger partial charge in [-0.05, 0) is 36.8 Å². The molecule has 0 saturated carbocycles. The number of esters is 1. The third kappa shape index (κ3) is 4.84. The standard InChI is InChI=1S/C16H16FN3O3/c1-2-23-16(22)13(9-11-5-7-18-8-6-11)20-15(21)12-3-4-14(17)19-10-12/h3-8,10,13H,2,9H2,1H3,(H,20,21)/t13-/m0/s1. The van der Waals surface area contributed by atoms with E-state index < -0.39 is 23.9 Å². The quantitative estimate of drug-likeness (QED) is 0.645. The molecule has 23 heavy (non-hydrogen) atoms. The first-order chi connectivity index (χ1) is 11.1. The number of ether oxygens (including phenoxy) is 1. The Hall–Kier alpha value is -2.83. The van der Waals surface area contributed by atoms with Crippen LogP contribution in [0.4, 0.5) is 4.39 Å². The molecule has 2 rings (SSSR count). The number of hydrogen-bond donors (Lipinski definition) is 1. The number of amides is 1. The van der Waals surface area contributed by atoms with E-state index in [1.165, 1.54) is 6.07 Å². The molecular weight excluding hydrogens is 301 g/mol. The lowest BCUT2D eigenvalue weighted by molar-refractivity contribution is -0.145. The first-order valence-corrected chi connectivity index (χ1v) is 7.08. The van der Waals surface area contributed by atoms with Gasteiger partial charge < -0.3 is 10.1 Å². The van der Waals surface area contributed by atoms with Crippen molar-refractivity contribution in [3.05, 3.63) is 59.9 Å². The largest absolute Gasteiger partial charge is 0.464 e. The van der Waals surface area contributed by atoms with Crippen LogP contribution in [-0.2, 0) is 16.0 Å². The second-order valence-corrected chi connectivity index (χ2v) is 4.71. The predicted octanol–water partition coefficient (Wildman–Crippen LogP) is 1.52. The normalized spacial score (nSPS) is 11.6. The third-order valence-electron chi connectivity index (χ3n) is 3.06. The summed E-state index contributed by atoms with van der Waals surface area (Å²) in [7, 11) is 0. The summed E-state index contributed by atoms with van der Waals surface area (Å²) in [4.78, 5) is 31.5. The Labute approximate surface area is 132 Å². The van der Waals surface area contributed by atoms with Crippen molar-refractivity contribution in [3.8, 4) is 0 Å². The lowest BCUT2D eigenvalue weighted by Gasteiger charge is -2.17. The Morgan fingerprint density at radius 1 is 1.26 bits per heavy atom. The van der Waals surface area contributed by atoms with Crippen LogP contribution >= 0.6 is 0 Å². The molecule has 0 saturated heterocycles. The number of nitrogens with zero attached hydrogens (tertiary/aromatic N) is 2. The molecule has 0 fully saturated rings. The van der Waals surface area contributed by atoms with Crippen LogP contribution in [0.2, 0.25) is 0 Å². The van der Waals surface area contributed by atoms with Crippen molar-refractivity contribution >= 4 is 11.9 Å². The molecule has 1 atom stereocenters. The van der Waals surface area contributed by atoms with E-state index >= 15 is 0 Å². The summed E-state index contributed by atoms with van der Waals surface area (Å²) in [5.74, 6) is -1.74. The summed E-state index contributed by atoms with van der Waals surface area (Å²) in [5, 5.41) is 2.59. The smallest absolute Gasteiger partial charge is 0.328 e. The molecule has 1 N–H and O–H groups in total.